The molecule has 1 N–H and O–H groups in total. The summed E-state index contributed by atoms with van der Waals surface area (Å²) in [6.07, 6.45) is 0. The summed E-state index contributed by atoms with van der Waals surface area (Å²) in [5, 5.41) is 2.87. The Morgan fingerprint density at radius 1 is 1.10 bits per heavy atom. The molecule has 1 heterocycles. The molecule has 0 aliphatic carbocycles. The Hall–Kier alpha value is -2.01. The van der Waals surface area contributed by atoms with E-state index in [1.807, 2.05) is 19.1 Å². The lowest BCUT2D eigenvalue weighted by Gasteiger charge is -2.19. The molecule has 0 bridgehead atoms. The second kappa shape index (κ2) is 5.77. The molecule has 0 fully saturated rings. The average molecular weight is 348 g/mol. The highest BCUT2D eigenvalue weighted by molar-refractivity contribution is 9.10. The smallest absolute Gasteiger partial charge is 0.255 e. The topological polar surface area (TPSA) is 47.6 Å². The summed E-state index contributed by atoms with van der Waals surface area (Å²) in [7, 11) is 0. The van der Waals surface area contributed by atoms with Gasteiger partial charge in [-0.05, 0) is 42.8 Å². The van der Waals surface area contributed by atoms with E-state index < -0.39 is 0 Å². The summed E-state index contributed by atoms with van der Waals surface area (Å²) in [5.74, 6) is 1.21. The van der Waals surface area contributed by atoms with Crippen LogP contribution in [-0.4, -0.2) is 19.1 Å². The highest BCUT2D eigenvalue weighted by Gasteiger charge is 2.13. The van der Waals surface area contributed by atoms with Crippen LogP contribution in [0.25, 0.3) is 0 Å². The number of anilines is 1. The van der Waals surface area contributed by atoms with Gasteiger partial charge in [-0.3, -0.25) is 4.79 Å². The molecule has 2 aromatic rings. The van der Waals surface area contributed by atoms with Gasteiger partial charge in [-0.25, -0.2) is 0 Å². The number of amides is 1. The van der Waals surface area contributed by atoms with Crippen LogP contribution in [0, 0.1) is 6.92 Å². The van der Waals surface area contributed by atoms with Crippen LogP contribution in [0.15, 0.2) is 40.9 Å². The number of fused-ring (bicyclic) bond motifs is 1. The zero-order chi connectivity index (χ0) is 14.8. The van der Waals surface area contributed by atoms with Crippen molar-refractivity contribution >= 4 is 27.5 Å². The van der Waals surface area contributed by atoms with Gasteiger partial charge in [0.2, 0.25) is 0 Å². The van der Waals surface area contributed by atoms with Gasteiger partial charge >= 0.3 is 0 Å². The van der Waals surface area contributed by atoms with E-state index in [2.05, 4.69) is 21.2 Å². The first kappa shape index (κ1) is 13.9. The minimum Gasteiger partial charge on any atom is -0.486 e. The summed E-state index contributed by atoms with van der Waals surface area (Å²) < 4.78 is 11.9. The van der Waals surface area contributed by atoms with Gasteiger partial charge in [-0.1, -0.05) is 15.9 Å². The zero-order valence-corrected chi connectivity index (χ0v) is 13.1. The second-order valence-corrected chi connectivity index (χ2v) is 5.63. The van der Waals surface area contributed by atoms with Crippen LogP contribution in [0.2, 0.25) is 0 Å². The lowest BCUT2D eigenvalue weighted by atomic mass is 10.1. The van der Waals surface area contributed by atoms with Crippen LogP contribution >= 0.6 is 15.9 Å². The van der Waals surface area contributed by atoms with Gasteiger partial charge in [-0.15, -0.1) is 0 Å². The minimum atomic E-state index is -0.151. The first-order valence-electron chi connectivity index (χ1n) is 6.60. The van der Waals surface area contributed by atoms with Crippen molar-refractivity contribution in [2.24, 2.45) is 0 Å². The van der Waals surface area contributed by atoms with Crippen molar-refractivity contribution in [3.8, 4) is 11.5 Å². The first-order valence-corrected chi connectivity index (χ1v) is 7.40. The third kappa shape index (κ3) is 3.03. The van der Waals surface area contributed by atoms with Crippen LogP contribution in [0.4, 0.5) is 5.69 Å². The molecular weight excluding hydrogens is 334 g/mol. The number of halogens is 1. The summed E-state index contributed by atoms with van der Waals surface area (Å²) in [6, 6.07) is 10.9. The number of aryl methyl sites for hydroxylation is 1. The predicted molar refractivity (Wildman–Crippen MR) is 84.3 cm³/mol. The van der Waals surface area contributed by atoms with Gasteiger partial charge in [-0.2, -0.15) is 0 Å². The van der Waals surface area contributed by atoms with Gasteiger partial charge in [0, 0.05) is 21.8 Å². The van der Waals surface area contributed by atoms with E-state index >= 15 is 0 Å². The Bertz CT molecular complexity index is 700. The molecule has 0 saturated heterocycles. The fourth-order valence-corrected chi connectivity index (χ4v) is 2.36. The van der Waals surface area contributed by atoms with Crippen molar-refractivity contribution < 1.29 is 14.3 Å². The van der Waals surface area contributed by atoms with Gasteiger partial charge in [0.05, 0.1) is 0 Å². The molecular formula is C16H14BrNO3. The van der Waals surface area contributed by atoms with Crippen LogP contribution in [0.1, 0.15) is 15.9 Å². The van der Waals surface area contributed by atoms with Crippen LogP contribution in [-0.2, 0) is 0 Å². The van der Waals surface area contributed by atoms with E-state index in [1.54, 1.807) is 24.3 Å². The quantitative estimate of drug-likeness (QED) is 0.899. The first-order chi connectivity index (χ1) is 10.1. The number of nitrogens with one attached hydrogen (secondary N) is 1. The Kier molecular flexibility index (Phi) is 3.84. The Labute approximate surface area is 131 Å². The molecule has 5 heteroatoms. The van der Waals surface area contributed by atoms with E-state index in [1.165, 1.54) is 0 Å². The zero-order valence-electron chi connectivity index (χ0n) is 11.5. The van der Waals surface area contributed by atoms with E-state index in [4.69, 9.17) is 9.47 Å². The van der Waals surface area contributed by atoms with Gasteiger partial charge < -0.3 is 14.8 Å². The van der Waals surface area contributed by atoms with E-state index in [-0.39, 0.29) is 5.91 Å². The minimum absolute atomic E-state index is 0.151. The summed E-state index contributed by atoms with van der Waals surface area (Å²) >= 11 is 3.42. The van der Waals surface area contributed by atoms with Crippen LogP contribution in [0.5, 0.6) is 11.5 Å². The van der Waals surface area contributed by atoms with Crippen LogP contribution in [0.3, 0.4) is 0 Å². The Balaban J connectivity index is 1.79. The average Bonchev–Trinajstić information content (AvgIpc) is 2.50. The van der Waals surface area contributed by atoms with Gasteiger partial charge in [0.1, 0.15) is 13.2 Å². The maximum atomic E-state index is 12.2. The molecule has 108 valence electrons. The molecule has 4 nitrogen and oxygen atoms in total. The van der Waals surface area contributed by atoms with Gasteiger partial charge in [0.25, 0.3) is 5.91 Å². The molecule has 1 aliphatic rings. The predicted octanol–water partition coefficient (Wildman–Crippen LogP) is 3.78. The third-order valence-corrected chi connectivity index (χ3v) is 4.11. The summed E-state index contributed by atoms with van der Waals surface area (Å²) in [4.78, 5) is 12.2. The molecule has 0 aromatic heterocycles. The van der Waals surface area contributed by atoms with Crippen molar-refractivity contribution in [1.29, 1.82) is 0 Å². The van der Waals surface area contributed by atoms with E-state index in [9.17, 15) is 4.79 Å². The molecule has 0 unspecified atom stereocenters. The molecule has 0 atom stereocenters. The number of hydrogen-bond acceptors (Lipinski definition) is 3. The number of ether oxygens (including phenoxy) is 2. The van der Waals surface area contributed by atoms with Crippen molar-refractivity contribution in [2.75, 3.05) is 18.5 Å². The highest BCUT2D eigenvalue weighted by atomic mass is 79.9. The fraction of sp³-hybridized carbons (Fsp3) is 0.188. The van der Waals surface area contributed by atoms with Crippen molar-refractivity contribution in [3.63, 3.8) is 0 Å². The van der Waals surface area contributed by atoms with Crippen molar-refractivity contribution in [2.45, 2.75) is 6.92 Å². The summed E-state index contributed by atoms with van der Waals surface area (Å²) in [5.41, 5.74) is 2.32. The Morgan fingerprint density at radius 2 is 1.86 bits per heavy atom. The molecule has 3 rings (SSSR count). The molecule has 1 amide bonds. The van der Waals surface area contributed by atoms with Crippen molar-refractivity contribution in [1.82, 2.24) is 0 Å². The Morgan fingerprint density at radius 3 is 2.62 bits per heavy atom. The van der Waals surface area contributed by atoms with Crippen molar-refractivity contribution in [3.05, 3.63) is 52.0 Å². The monoisotopic (exact) mass is 347 g/mol. The number of carbonyl (C=O) groups excluding carboxylic acids is 1. The van der Waals surface area contributed by atoms with E-state index in [0.717, 1.165) is 10.0 Å². The highest BCUT2D eigenvalue weighted by Crippen LogP contribution is 2.32. The molecule has 0 radical (unpaired) electrons. The third-order valence-electron chi connectivity index (χ3n) is 3.22. The largest absolute Gasteiger partial charge is 0.486 e. The lowest BCUT2D eigenvalue weighted by Crippen LogP contribution is -2.16. The standard InChI is InChI=1S/C16H14BrNO3/c1-10-8-11(2-4-13(10)17)16(19)18-12-3-5-14-15(9-12)21-7-6-20-14/h2-5,8-9H,6-7H2,1H3,(H,18,19). The number of benzene rings is 2. The van der Waals surface area contributed by atoms with Crippen LogP contribution < -0.4 is 14.8 Å². The van der Waals surface area contributed by atoms with Gasteiger partial charge in [0.15, 0.2) is 11.5 Å². The maximum absolute atomic E-state index is 12.2. The number of carbonyl (C=O) groups is 1. The number of hydrogen-bond donors (Lipinski definition) is 1. The SMILES string of the molecule is Cc1cc(C(=O)Nc2ccc3c(c2)OCCO3)ccc1Br. The molecule has 1 aliphatic heterocycles. The lowest BCUT2D eigenvalue weighted by molar-refractivity contribution is 0.102. The second-order valence-electron chi connectivity index (χ2n) is 4.78. The summed E-state index contributed by atoms with van der Waals surface area (Å²) in [6.45, 7) is 3.03. The molecule has 0 saturated carbocycles. The molecule has 2 aromatic carbocycles. The molecule has 0 spiro atoms. The van der Waals surface area contributed by atoms with E-state index in [0.29, 0.717) is 36.0 Å². The fourth-order valence-electron chi connectivity index (χ4n) is 2.11. The normalized spacial score (nSPS) is 12.9. The maximum Gasteiger partial charge on any atom is 0.255 e. The molecule has 21 heavy (non-hydrogen) atoms. The number of rotatable bonds is 2.